The Morgan fingerprint density at radius 1 is 0.565 bits per heavy atom. The quantitative estimate of drug-likeness (QED) is 0.0176. The molecule has 0 aromatic heterocycles. The summed E-state index contributed by atoms with van der Waals surface area (Å²) in [7, 11) is 0. The molecule has 1 rings (SSSR count). The second kappa shape index (κ2) is 33.4. The van der Waals surface area contributed by atoms with Crippen molar-refractivity contribution in [3.05, 3.63) is 29.8 Å². The van der Waals surface area contributed by atoms with Crippen molar-refractivity contribution >= 4 is 82.7 Å². The SMILES string of the molecule is CSCC[C@H](NC(=O)[C@H](CCSC)NC(=O)[C@H](CCCN=C(N)N)NC(=O)[C@H](Cc1ccc(O)cc1)NC(=O)[C@H](CO)NC(=O)CN)C(=O)N[C@@H](CCCN=C(N)N)C(=O)N[C@@H](CC(C)C)C(N)=O. The number of carbonyl (C=O) groups is 8. The lowest BCUT2D eigenvalue weighted by molar-refractivity contribution is -0.136. The Morgan fingerprint density at radius 3 is 1.30 bits per heavy atom. The predicted octanol–water partition coefficient (Wildman–Crippen LogP) is -4.58. The third kappa shape index (κ3) is 25.2. The molecule has 0 aliphatic heterocycles. The van der Waals surface area contributed by atoms with Crippen molar-refractivity contribution in [1.82, 2.24) is 37.2 Å². The molecule has 8 amide bonds. The van der Waals surface area contributed by atoms with E-state index >= 15 is 0 Å². The van der Waals surface area contributed by atoms with Gasteiger partial charge in [0.25, 0.3) is 0 Å². The number of aliphatic hydroxyl groups is 1. The molecular weight excluding hydrogens is 939 g/mol. The van der Waals surface area contributed by atoms with Gasteiger partial charge < -0.3 is 81.8 Å². The van der Waals surface area contributed by atoms with E-state index in [1.165, 1.54) is 47.8 Å². The van der Waals surface area contributed by atoms with E-state index in [4.69, 9.17) is 34.4 Å². The number of hydrogen-bond donors (Lipinski definition) is 15. The van der Waals surface area contributed by atoms with E-state index < -0.39 is 103 Å². The van der Waals surface area contributed by atoms with Crippen molar-refractivity contribution in [3.63, 3.8) is 0 Å². The first-order valence-electron chi connectivity index (χ1n) is 22.2. The molecule has 0 bridgehead atoms. The van der Waals surface area contributed by atoms with Crippen LogP contribution in [0, 0.1) is 5.92 Å². The van der Waals surface area contributed by atoms with E-state index in [0.717, 1.165) is 0 Å². The lowest BCUT2D eigenvalue weighted by Gasteiger charge is -2.28. The minimum Gasteiger partial charge on any atom is -0.508 e. The van der Waals surface area contributed by atoms with E-state index in [0.29, 0.717) is 17.1 Å². The fourth-order valence-corrected chi connectivity index (χ4v) is 7.37. The van der Waals surface area contributed by atoms with E-state index in [2.05, 4.69) is 47.2 Å². The van der Waals surface area contributed by atoms with E-state index in [1.807, 2.05) is 13.8 Å². The number of aromatic hydroxyl groups is 1. The molecule has 1 aromatic carbocycles. The standard InChI is InChI=1S/C42H73N15O10S2/c1-23(2)19-30(34(44)61)56-36(63)27(8-6-16-50-42(47)48)52-37(64)28(13-17-68-3)55-38(65)29(14-18-69-4)54-35(62)26(7-5-15-49-41(45)46)53-39(66)31(20-24-9-11-25(59)12-10-24)57-40(67)32(22-58)51-33(60)21-43/h9-12,23,26-32,58-59H,5-8,13-22,43H2,1-4H3,(H2,44,61)(H,51,60)(H,52,64)(H,53,66)(H,54,62)(H,55,65)(H,56,63)(H,57,67)(H4,45,46,49)(H4,47,48,50)/t26-,27-,28-,29-,30-,31-,32-/m0/s1. The molecule has 7 atom stereocenters. The fraction of sp³-hybridized carbons (Fsp3) is 0.619. The molecule has 69 heavy (non-hydrogen) atoms. The fourth-order valence-electron chi connectivity index (χ4n) is 6.43. The molecule has 0 unspecified atom stereocenters. The molecule has 0 spiro atoms. The third-order valence-electron chi connectivity index (χ3n) is 10.0. The monoisotopic (exact) mass is 1010 g/mol. The Morgan fingerprint density at radius 2 is 0.942 bits per heavy atom. The number of benzene rings is 1. The Hall–Kier alpha value is -6.06. The van der Waals surface area contributed by atoms with Gasteiger partial charge in [-0.3, -0.25) is 48.3 Å². The molecule has 0 fully saturated rings. The highest BCUT2D eigenvalue weighted by atomic mass is 32.2. The van der Waals surface area contributed by atoms with Crippen LogP contribution < -0.4 is 71.6 Å². The largest absolute Gasteiger partial charge is 0.508 e. The topological polar surface area (TPSA) is 442 Å². The normalized spacial score (nSPS) is 14.0. The molecule has 388 valence electrons. The molecular formula is C42H73N15O10S2. The summed E-state index contributed by atoms with van der Waals surface area (Å²) in [5.74, 6) is -6.03. The minimum atomic E-state index is -1.49. The Bertz CT molecular complexity index is 1890. The van der Waals surface area contributed by atoms with Crippen LogP contribution in [0.3, 0.4) is 0 Å². The lowest BCUT2D eigenvalue weighted by Crippen LogP contribution is -2.60. The van der Waals surface area contributed by atoms with Crippen LogP contribution in [0.15, 0.2) is 34.3 Å². The van der Waals surface area contributed by atoms with Gasteiger partial charge in [0.15, 0.2) is 11.9 Å². The average Bonchev–Trinajstić information content (AvgIpc) is 3.29. The van der Waals surface area contributed by atoms with Gasteiger partial charge in [-0.25, -0.2) is 0 Å². The predicted molar refractivity (Wildman–Crippen MR) is 266 cm³/mol. The number of guanidine groups is 2. The summed E-state index contributed by atoms with van der Waals surface area (Å²) in [6.45, 7) is 2.54. The van der Waals surface area contributed by atoms with Gasteiger partial charge in [-0.1, -0.05) is 26.0 Å². The van der Waals surface area contributed by atoms with Crippen LogP contribution in [0.4, 0.5) is 0 Å². The zero-order chi connectivity index (χ0) is 52.1. The molecule has 1 aromatic rings. The number of carbonyl (C=O) groups excluding carboxylic acids is 8. The molecule has 0 saturated heterocycles. The minimum absolute atomic E-state index is 0.00948. The summed E-state index contributed by atoms with van der Waals surface area (Å²) < 4.78 is 0. The van der Waals surface area contributed by atoms with E-state index in [1.54, 1.807) is 12.5 Å². The maximum Gasteiger partial charge on any atom is 0.245 e. The zero-order valence-corrected chi connectivity index (χ0v) is 41.3. The van der Waals surface area contributed by atoms with Gasteiger partial charge in [0.2, 0.25) is 47.3 Å². The number of primary amides is 1. The van der Waals surface area contributed by atoms with Crippen molar-refractivity contribution in [2.75, 3.05) is 50.3 Å². The first-order valence-corrected chi connectivity index (χ1v) is 25.0. The van der Waals surface area contributed by atoms with Gasteiger partial charge in [0, 0.05) is 19.5 Å². The number of rotatable bonds is 34. The number of nitrogens with zero attached hydrogens (tertiary/aromatic N) is 2. The molecule has 0 aliphatic rings. The smallest absolute Gasteiger partial charge is 0.245 e. The summed E-state index contributed by atoms with van der Waals surface area (Å²) in [6.07, 6.45) is 4.18. The van der Waals surface area contributed by atoms with Gasteiger partial charge in [-0.15, -0.1) is 0 Å². The van der Waals surface area contributed by atoms with Crippen LogP contribution in [0.2, 0.25) is 0 Å². The van der Waals surface area contributed by atoms with Crippen LogP contribution in [0.1, 0.15) is 64.4 Å². The van der Waals surface area contributed by atoms with Gasteiger partial charge >= 0.3 is 0 Å². The molecule has 25 nitrogen and oxygen atoms in total. The van der Waals surface area contributed by atoms with Crippen LogP contribution in [0.25, 0.3) is 0 Å². The number of phenolic OH excluding ortho intramolecular Hbond substituents is 1. The molecule has 0 radical (unpaired) electrons. The number of thioether (sulfide) groups is 2. The van der Waals surface area contributed by atoms with Crippen molar-refractivity contribution in [3.8, 4) is 5.75 Å². The zero-order valence-electron chi connectivity index (χ0n) is 39.7. The highest BCUT2D eigenvalue weighted by Crippen LogP contribution is 2.14. The number of nitrogens with one attached hydrogen (secondary N) is 7. The summed E-state index contributed by atoms with van der Waals surface area (Å²) in [4.78, 5) is 115. The number of nitrogens with two attached hydrogens (primary N) is 6. The van der Waals surface area contributed by atoms with Crippen molar-refractivity contribution in [2.24, 2.45) is 50.3 Å². The Labute approximate surface area is 410 Å². The second-order valence-corrected chi connectivity index (χ2v) is 18.2. The van der Waals surface area contributed by atoms with E-state index in [-0.39, 0.29) is 88.0 Å². The van der Waals surface area contributed by atoms with Gasteiger partial charge in [-0.05, 0) is 92.6 Å². The third-order valence-corrected chi connectivity index (χ3v) is 11.3. The highest BCUT2D eigenvalue weighted by Gasteiger charge is 2.34. The van der Waals surface area contributed by atoms with Crippen LogP contribution >= 0.6 is 23.5 Å². The first kappa shape index (κ1) is 61.0. The average molecular weight is 1010 g/mol. The summed E-state index contributed by atoms with van der Waals surface area (Å²) in [5, 5.41) is 37.8. The molecule has 21 N–H and O–H groups in total. The number of hydrogen-bond acceptors (Lipinski definition) is 15. The van der Waals surface area contributed by atoms with Crippen LogP contribution in [-0.2, 0) is 44.8 Å². The highest BCUT2D eigenvalue weighted by molar-refractivity contribution is 7.98. The van der Waals surface area contributed by atoms with Gasteiger partial charge in [-0.2, -0.15) is 23.5 Å². The van der Waals surface area contributed by atoms with Crippen LogP contribution in [0.5, 0.6) is 5.75 Å². The van der Waals surface area contributed by atoms with Crippen LogP contribution in [-0.4, -0.2) is 162 Å². The first-order chi connectivity index (χ1) is 32.6. The van der Waals surface area contributed by atoms with E-state index in [9.17, 15) is 48.6 Å². The lowest BCUT2D eigenvalue weighted by atomic mass is 10.0. The van der Waals surface area contributed by atoms with Crippen molar-refractivity contribution in [2.45, 2.75) is 108 Å². The maximum absolute atomic E-state index is 14.2. The molecule has 0 heterocycles. The summed E-state index contributed by atoms with van der Waals surface area (Å²) in [6, 6.07) is -3.26. The number of amides is 8. The van der Waals surface area contributed by atoms with Gasteiger partial charge in [0.05, 0.1) is 13.2 Å². The number of phenols is 1. The Kier molecular flexibility index (Phi) is 29.5. The molecule has 0 aliphatic carbocycles. The molecule has 27 heteroatoms. The summed E-state index contributed by atoms with van der Waals surface area (Å²) >= 11 is 2.77. The number of aliphatic imine (C=N–C) groups is 2. The van der Waals surface area contributed by atoms with Crippen molar-refractivity contribution < 1.29 is 48.6 Å². The Balaban J connectivity index is 3.55. The second-order valence-electron chi connectivity index (χ2n) is 16.2. The van der Waals surface area contributed by atoms with Gasteiger partial charge in [0.1, 0.15) is 48.0 Å². The number of aliphatic hydroxyl groups excluding tert-OH is 1. The van der Waals surface area contributed by atoms with Crippen molar-refractivity contribution in [1.29, 1.82) is 0 Å². The maximum atomic E-state index is 14.2. The summed E-state index contributed by atoms with van der Waals surface area (Å²) in [5.41, 5.74) is 33.3. The molecule has 0 saturated carbocycles.